The zero-order valence-electron chi connectivity index (χ0n) is 13.9. The van der Waals surface area contributed by atoms with Crippen molar-refractivity contribution in [2.24, 2.45) is 0 Å². The first-order chi connectivity index (χ1) is 11.8. The fraction of sp³-hybridized carbons (Fsp3) is 0.588. The largest absolute Gasteiger partial charge is 0.431 e. The van der Waals surface area contributed by atoms with Gasteiger partial charge in [-0.2, -0.15) is 0 Å². The molecule has 0 N–H and O–H groups in total. The summed E-state index contributed by atoms with van der Waals surface area (Å²) in [5, 5.41) is 0.778. The summed E-state index contributed by atoms with van der Waals surface area (Å²) in [7, 11) is 0. The van der Waals surface area contributed by atoms with Crippen LogP contribution in [0.4, 0.5) is 0 Å². The number of nitrogens with zero attached hydrogens (tertiary/aromatic N) is 3. The van der Waals surface area contributed by atoms with Gasteiger partial charge < -0.3 is 4.42 Å². The maximum absolute atomic E-state index is 6.30. The van der Waals surface area contributed by atoms with E-state index in [1.54, 1.807) is 11.8 Å². The summed E-state index contributed by atoms with van der Waals surface area (Å²) in [4.78, 5) is 4.57. The Morgan fingerprint density at radius 3 is 2.29 bits per heavy atom. The van der Waals surface area contributed by atoms with Gasteiger partial charge in [0.15, 0.2) is 5.58 Å². The van der Waals surface area contributed by atoms with Gasteiger partial charge in [0.25, 0.3) is 5.22 Å². The van der Waals surface area contributed by atoms with E-state index in [1.165, 1.54) is 51.9 Å². The van der Waals surface area contributed by atoms with E-state index in [-0.39, 0.29) is 0 Å². The molecule has 3 heterocycles. The predicted octanol–water partition coefficient (Wildman–Crippen LogP) is 4.42. The molecule has 4 rings (SSSR count). The first kappa shape index (κ1) is 17.0. The molecule has 130 valence electrons. The number of oxazole rings is 1. The average molecular weight is 382 g/mol. The number of hydrogen-bond acceptors (Lipinski definition) is 4. The fourth-order valence-corrected chi connectivity index (χ4v) is 9.84. The molecule has 2 saturated heterocycles. The van der Waals surface area contributed by atoms with Crippen molar-refractivity contribution in [3.05, 3.63) is 24.3 Å². The van der Waals surface area contributed by atoms with Crippen molar-refractivity contribution in [3.63, 3.8) is 0 Å². The standard InChI is InChI=1S/C17H24N3OPS2/c23-22(19-9-3-4-10-19,20-11-5-6-12-20)13-14-24-17-18-15-7-1-2-8-16(15)21-17/h1-2,7-8H,3-6,9-14H2. The Morgan fingerprint density at radius 1 is 1.04 bits per heavy atom. The van der Waals surface area contributed by atoms with Gasteiger partial charge in [0.2, 0.25) is 0 Å². The molecular weight excluding hydrogens is 357 g/mol. The van der Waals surface area contributed by atoms with Crippen molar-refractivity contribution < 1.29 is 4.42 Å². The molecular formula is C17H24N3OPS2. The zero-order valence-corrected chi connectivity index (χ0v) is 16.4. The Kier molecular flexibility index (Phi) is 5.30. The molecule has 1 aromatic heterocycles. The van der Waals surface area contributed by atoms with Crippen molar-refractivity contribution in [2.75, 3.05) is 38.1 Å². The third-order valence-corrected chi connectivity index (χ3v) is 11.4. The van der Waals surface area contributed by atoms with Gasteiger partial charge in [0.1, 0.15) is 5.52 Å². The molecule has 0 radical (unpaired) electrons. The molecule has 2 fully saturated rings. The second-order valence-corrected chi connectivity index (χ2v) is 12.2. The van der Waals surface area contributed by atoms with Crippen LogP contribution in [-0.4, -0.2) is 52.4 Å². The first-order valence-corrected chi connectivity index (χ1v) is 12.7. The van der Waals surface area contributed by atoms with Gasteiger partial charge >= 0.3 is 0 Å². The van der Waals surface area contributed by atoms with Gasteiger partial charge in [0, 0.05) is 38.1 Å². The number of aromatic nitrogens is 1. The van der Waals surface area contributed by atoms with Crippen molar-refractivity contribution >= 4 is 41.0 Å². The van der Waals surface area contributed by atoms with Crippen LogP contribution in [0.25, 0.3) is 11.1 Å². The van der Waals surface area contributed by atoms with E-state index >= 15 is 0 Å². The number of rotatable bonds is 6. The second-order valence-electron chi connectivity index (χ2n) is 6.51. The summed E-state index contributed by atoms with van der Waals surface area (Å²) >= 11 is 8.02. The third kappa shape index (κ3) is 3.45. The SMILES string of the molecule is S=P(CCSc1nc2ccccc2o1)(N1CCCC1)N1CCCC1. The van der Waals surface area contributed by atoms with Crippen LogP contribution in [0.2, 0.25) is 0 Å². The molecule has 2 aliphatic heterocycles. The van der Waals surface area contributed by atoms with Gasteiger partial charge in [-0.25, -0.2) is 4.98 Å². The minimum atomic E-state index is -1.58. The molecule has 0 aliphatic carbocycles. The highest BCUT2D eigenvalue weighted by Crippen LogP contribution is 2.56. The van der Waals surface area contributed by atoms with Crippen molar-refractivity contribution in [3.8, 4) is 0 Å². The van der Waals surface area contributed by atoms with Crippen LogP contribution in [0.15, 0.2) is 33.9 Å². The highest BCUT2D eigenvalue weighted by Gasteiger charge is 2.35. The quantitative estimate of drug-likeness (QED) is 0.544. The molecule has 0 bridgehead atoms. The zero-order chi connectivity index (χ0) is 16.4. The average Bonchev–Trinajstić information content (AvgIpc) is 3.34. The molecule has 2 aromatic rings. The van der Waals surface area contributed by atoms with Crippen molar-refractivity contribution in [1.29, 1.82) is 0 Å². The summed E-state index contributed by atoms with van der Waals surface area (Å²) in [5.41, 5.74) is 1.82. The Balaban J connectivity index is 1.43. The smallest absolute Gasteiger partial charge is 0.256 e. The van der Waals surface area contributed by atoms with E-state index in [4.69, 9.17) is 16.2 Å². The normalized spacial score (nSPS) is 20.3. The molecule has 0 unspecified atom stereocenters. The molecule has 1 aromatic carbocycles. The maximum atomic E-state index is 6.30. The van der Waals surface area contributed by atoms with E-state index in [1.807, 2.05) is 24.3 Å². The van der Waals surface area contributed by atoms with Gasteiger partial charge in [0.05, 0.1) is 6.34 Å². The molecule has 0 spiro atoms. The second kappa shape index (κ2) is 7.46. The van der Waals surface area contributed by atoms with E-state index in [0.717, 1.165) is 28.2 Å². The number of fused-ring (bicyclic) bond motifs is 1. The lowest BCUT2D eigenvalue weighted by molar-refractivity contribution is 0.472. The summed E-state index contributed by atoms with van der Waals surface area (Å²) < 4.78 is 11.1. The predicted molar refractivity (Wildman–Crippen MR) is 105 cm³/mol. The fourth-order valence-electron chi connectivity index (χ4n) is 3.65. The van der Waals surface area contributed by atoms with Gasteiger partial charge in [-0.3, -0.25) is 9.34 Å². The molecule has 0 saturated carbocycles. The van der Waals surface area contributed by atoms with Crippen LogP contribution in [0.3, 0.4) is 0 Å². The monoisotopic (exact) mass is 381 g/mol. The van der Waals surface area contributed by atoms with Crippen molar-refractivity contribution in [1.82, 2.24) is 14.3 Å². The topological polar surface area (TPSA) is 32.5 Å². The van der Waals surface area contributed by atoms with Gasteiger partial charge in [-0.05, 0) is 37.8 Å². The first-order valence-electron chi connectivity index (χ1n) is 8.84. The minimum absolute atomic E-state index is 0.778. The van der Waals surface area contributed by atoms with Crippen LogP contribution in [-0.2, 0) is 11.8 Å². The Morgan fingerprint density at radius 2 is 1.67 bits per heavy atom. The molecule has 24 heavy (non-hydrogen) atoms. The summed E-state index contributed by atoms with van der Waals surface area (Å²) in [5.74, 6) is 0.997. The van der Waals surface area contributed by atoms with Gasteiger partial charge in [-0.1, -0.05) is 35.7 Å². The number of benzene rings is 1. The summed E-state index contributed by atoms with van der Waals surface area (Å²) in [6.07, 6.45) is 4.75. The van der Waals surface area contributed by atoms with Crippen LogP contribution in [0.1, 0.15) is 25.7 Å². The molecule has 7 heteroatoms. The van der Waals surface area contributed by atoms with E-state index < -0.39 is 6.34 Å². The molecule has 0 amide bonds. The van der Waals surface area contributed by atoms with Crippen LogP contribution in [0, 0.1) is 0 Å². The number of hydrogen-bond donors (Lipinski definition) is 0. The Bertz CT molecular complexity index is 685. The van der Waals surface area contributed by atoms with Crippen molar-refractivity contribution in [2.45, 2.75) is 30.9 Å². The Labute approximate surface area is 153 Å². The third-order valence-electron chi connectivity index (χ3n) is 4.93. The molecule has 4 nitrogen and oxygen atoms in total. The van der Waals surface area contributed by atoms with E-state index in [2.05, 4.69) is 14.3 Å². The van der Waals surface area contributed by atoms with Crippen LogP contribution < -0.4 is 0 Å². The lowest BCUT2D eigenvalue weighted by atomic mass is 10.3. The van der Waals surface area contributed by atoms with E-state index in [0.29, 0.717) is 0 Å². The lowest BCUT2D eigenvalue weighted by Gasteiger charge is -2.39. The maximum Gasteiger partial charge on any atom is 0.256 e. The lowest BCUT2D eigenvalue weighted by Crippen LogP contribution is -2.30. The summed E-state index contributed by atoms with van der Waals surface area (Å²) in [6, 6.07) is 7.97. The summed E-state index contributed by atoms with van der Waals surface area (Å²) in [6.45, 7) is 4.78. The van der Waals surface area contributed by atoms with Crippen LogP contribution in [0.5, 0.6) is 0 Å². The Hall–Kier alpha value is -0.390. The highest BCUT2D eigenvalue weighted by atomic mass is 32.4. The molecule has 2 aliphatic rings. The number of para-hydroxylation sites is 2. The van der Waals surface area contributed by atoms with Crippen LogP contribution >= 0.6 is 18.1 Å². The highest BCUT2D eigenvalue weighted by molar-refractivity contribution is 8.12. The number of thioether (sulfide) groups is 1. The minimum Gasteiger partial charge on any atom is -0.431 e. The molecule has 0 atom stereocenters. The van der Waals surface area contributed by atoms with Gasteiger partial charge in [-0.15, -0.1) is 0 Å². The van der Waals surface area contributed by atoms with E-state index in [9.17, 15) is 0 Å².